The fraction of sp³-hybridized carbons (Fsp3) is 0.929. The SMILES string of the molecule is CCC1NC2(CCCC2)C(=O)N1C1CCCC1. The molecule has 1 unspecified atom stereocenters. The molecule has 1 N–H and O–H groups in total. The summed E-state index contributed by atoms with van der Waals surface area (Å²) in [7, 11) is 0. The zero-order chi connectivity index (χ0) is 11.9. The number of nitrogens with zero attached hydrogens (tertiary/aromatic N) is 1. The molecule has 96 valence electrons. The van der Waals surface area contributed by atoms with Crippen molar-refractivity contribution in [3.05, 3.63) is 0 Å². The second-order valence-corrected chi connectivity index (χ2v) is 6.01. The van der Waals surface area contributed by atoms with Gasteiger partial charge in [-0.2, -0.15) is 0 Å². The number of hydrogen-bond donors (Lipinski definition) is 1. The van der Waals surface area contributed by atoms with E-state index in [4.69, 9.17) is 0 Å². The molecule has 1 heterocycles. The number of rotatable bonds is 2. The van der Waals surface area contributed by atoms with Crippen LogP contribution in [-0.2, 0) is 4.79 Å². The molecule has 0 aromatic carbocycles. The summed E-state index contributed by atoms with van der Waals surface area (Å²) in [4.78, 5) is 15.0. The molecule has 1 saturated heterocycles. The van der Waals surface area contributed by atoms with Crippen molar-refractivity contribution in [2.24, 2.45) is 0 Å². The smallest absolute Gasteiger partial charge is 0.244 e. The van der Waals surface area contributed by atoms with Crippen LogP contribution in [0.5, 0.6) is 0 Å². The Bertz CT molecular complexity index is 303. The minimum Gasteiger partial charge on any atom is -0.323 e. The van der Waals surface area contributed by atoms with Gasteiger partial charge in [0.1, 0.15) is 0 Å². The number of hydrogen-bond acceptors (Lipinski definition) is 2. The van der Waals surface area contributed by atoms with E-state index in [1.807, 2.05) is 0 Å². The molecule has 0 aromatic rings. The molecule has 0 radical (unpaired) electrons. The van der Waals surface area contributed by atoms with Gasteiger partial charge in [0.05, 0.1) is 11.7 Å². The Hall–Kier alpha value is -0.570. The molecule has 3 nitrogen and oxygen atoms in total. The third-order valence-electron chi connectivity index (χ3n) is 4.98. The van der Waals surface area contributed by atoms with Gasteiger partial charge in [0.15, 0.2) is 0 Å². The average molecular weight is 236 g/mol. The molecule has 17 heavy (non-hydrogen) atoms. The molecule has 0 aromatic heterocycles. The summed E-state index contributed by atoms with van der Waals surface area (Å²) in [5, 5.41) is 3.67. The van der Waals surface area contributed by atoms with Crippen molar-refractivity contribution in [2.45, 2.75) is 82.5 Å². The Morgan fingerprint density at radius 3 is 2.47 bits per heavy atom. The van der Waals surface area contributed by atoms with Gasteiger partial charge in [0.2, 0.25) is 5.91 Å². The lowest BCUT2D eigenvalue weighted by atomic mass is 9.97. The van der Waals surface area contributed by atoms with Gasteiger partial charge < -0.3 is 4.90 Å². The molecular weight excluding hydrogens is 212 g/mol. The van der Waals surface area contributed by atoms with E-state index in [-0.39, 0.29) is 5.54 Å². The highest BCUT2D eigenvalue weighted by Gasteiger charge is 2.53. The highest BCUT2D eigenvalue weighted by molar-refractivity contribution is 5.89. The molecule has 1 spiro atoms. The van der Waals surface area contributed by atoms with Crippen LogP contribution in [0.25, 0.3) is 0 Å². The van der Waals surface area contributed by atoms with Gasteiger partial charge in [0, 0.05) is 6.04 Å². The lowest BCUT2D eigenvalue weighted by Crippen LogP contribution is -2.45. The third kappa shape index (κ3) is 1.70. The standard InChI is InChI=1S/C14H24N2O/c1-2-12-15-14(9-5-6-10-14)13(17)16(12)11-7-3-4-8-11/h11-12,15H,2-10H2,1H3. The first-order valence-corrected chi connectivity index (χ1v) is 7.37. The summed E-state index contributed by atoms with van der Waals surface area (Å²) in [5.41, 5.74) is -0.163. The molecule has 2 aliphatic carbocycles. The zero-order valence-corrected chi connectivity index (χ0v) is 10.9. The minimum absolute atomic E-state index is 0.163. The van der Waals surface area contributed by atoms with Crippen LogP contribution >= 0.6 is 0 Å². The van der Waals surface area contributed by atoms with Gasteiger partial charge >= 0.3 is 0 Å². The largest absolute Gasteiger partial charge is 0.323 e. The van der Waals surface area contributed by atoms with E-state index in [9.17, 15) is 4.79 Å². The Morgan fingerprint density at radius 2 is 1.88 bits per heavy atom. The van der Waals surface area contributed by atoms with Crippen LogP contribution in [0, 0.1) is 0 Å². The zero-order valence-electron chi connectivity index (χ0n) is 10.9. The summed E-state index contributed by atoms with van der Waals surface area (Å²) in [5.74, 6) is 0.425. The van der Waals surface area contributed by atoms with Crippen molar-refractivity contribution in [2.75, 3.05) is 0 Å². The number of nitrogens with one attached hydrogen (secondary N) is 1. The van der Waals surface area contributed by atoms with Gasteiger partial charge in [-0.05, 0) is 32.1 Å². The minimum atomic E-state index is -0.163. The Kier molecular flexibility index (Phi) is 2.89. The van der Waals surface area contributed by atoms with Gasteiger partial charge in [-0.25, -0.2) is 0 Å². The summed E-state index contributed by atoms with van der Waals surface area (Å²) in [6.07, 6.45) is 11.0. The predicted octanol–water partition coefficient (Wildman–Crippen LogP) is 2.41. The van der Waals surface area contributed by atoms with Crippen LogP contribution < -0.4 is 5.32 Å². The van der Waals surface area contributed by atoms with E-state index in [1.165, 1.54) is 38.5 Å². The van der Waals surface area contributed by atoms with Crippen molar-refractivity contribution >= 4 is 5.91 Å². The van der Waals surface area contributed by atoms with Crippen LogP contribution in [0.15, 0.2) is 0 Å². The van der Waals surface area contributed by atoms with Crippen molar-refractivity contribution < 1.29 is 4.79 Å². The predicted molar refractivity (Wildman–Crippen MR) is 67.5 cm³/mol. The molecule has 2 saturated carbocycles. The maximum absolute atomic E-state index is 12.7. The molecular formula is C14H24N2O. The highest BCUT2D eigenvalue weighted by atomic mass is 16.2. The second-order valence-electron chi connectivity index (χ2n) is 6.01. The Balaban J connectivity index is 1.83. The molecule has 3 fully saturated rings. The Morgan fingerprint density at radius 1 is 1.24 bits per heavy atom. The Labute approximate surface area is 104 Å². The van der Waals surface area contributed by atoms with E-state index in [0.717, 1.165) is 19.3 Å². The first kappa shape index (κ1) is 11.5. The molecule has 1 aliphatic heterocycles. The van der Waals surface area contributed by atoms with Gasteiger partial charge in [0.25, 0.3) is 0 Å². The molecule has 1 atom stereocenters. The molecule has 3 rings (SSSR count). The fourth-order valence-corrected chi connectivity index (χ4v) is 4.08. The molecule has 1 amide bonds. The monoisotopic (exact) mass is 236 g/mol. The van der Waals surface area contributed by atoms with Gasteiger partial charge in [-0.15, -0.1) is 0 Å². The van der Waals surface area contributed by atoms with Crippen molar-refractivity contribution in [3.63, 3.8) is 0 Å². The lowest BCUT2D eigenvalue weighted by molar-refractivity contribution is -0.135. The van der Waals surface area contributed by atoms with Crippen LogP contribution in [0.3, 0.4) is 0 Å². The topological polar surface area (TPSA) is 32.3 Å². The van der Waals surface area contributed by atoms with Crippen LogP contribution in [-0.4, -0.2) is 28.6 Å². The van der Waals surface area contributed by atoms with E-state index in [0.29, 0.717) is 18.1 Å². The normalized spacial score (nSPS) is 33.1. The van der Waals surface area contributed by atoms with Crippen LogP contribution in [0.1, 0.15) is 64.7 Å². The summed E-state index contributed by atoms with van der Waals surface area (Å²) >= 11 is 0. The van der Waals surface area contributed by atoms with Crippen LogP contribution in [0.2, 0.25) is 0 Å². The number of carbonyl (C=O) groups excluding carboxylic acids is 1. The third-order valence-corrected chi connectivity index (χ3v) is 4.98. The quantitative estimate of drug-likeness (QED) is 0.798. The summed E-state index contributed by atoms with van der Waals surface area (Å²) in [6, 6.07) is 0.528. The maximum atomic E-state index is 12.7. The number of carbonyl (C=O) groups is 1. The van der Waals surface area contributed by atoms with E-state index in [1.54, 1.807) is 0 Å². The summed E-state index contributed by atoms with van der Waals surface area (Å²) in [6.45, 7) is 2.20. The molecule has 3 aliphatic rings. The van der Waals surface area contributed by atoms with E-state index >= 15 is 0 Å². The maximum Gasteiger partial charge on any atom is 0.244 e. The highest BCUT2D eigenvalue weighted by Crippen LogP contribution is 2.40. The first-order valence-electron chi connectivity index (χ1n) is 7.37. The molecule has 0 bridgehead atoms. The van der Waals surface area contributed by atoms with Crippen LogP contribution in [0.4, 0.5) is 0 Å². The number of amides is 1. The summed E-state index contributed by atoms with van der Waals surface area (Å²) < 4.78 is 0. The van der Waals surface area contributed by atoms with E-state index < -0.39 is 0 Å². The van der Waals surface area contributed by atoms with Crippen molar-refractivity contribution in [1.82, 2.24) is 10.2 Å². The van der Waals surface area contributed by atoms with Gasteiger partial charge in [-0.3, -0.25) is 10.1 Å². The second kappa shape index (κ2) is 4.27. The van der Waals surface area contributed by atoms with Crippen molar-refractivity contribution in [3.8, 4) is 0 Å². The van der Waals surface area contributed by atoms with Gasteiger partial charge in [-0.1, -0.05) is 32.6 Å². The van der Waals surface area contributed by atoms with E-state index in [2.05, 4.69) is 17.1 Å². The molecule has 3 heteroatoms. The average Bonchev–Trinajstić information content (AvgIpc) is 3.03. The fourth-order valence-electron chi connectivity index (χ4n) is 4.08. The lowest BCUT2D eigenvalue weighted by Gasteiger charge is -2.29. The first-order chi connectivity index (χ1) is 8.27. The van der Waals surface area contributed by atoms with Crippen molar-refractivity contribution in [1.29, 1.82) is 0 Å².